The normalized spacial score (nSPS) is 11.8. The second-order valence-electron chi connectivity index (χ2n) is 6.88. The van der Waals surface area contributed by atoms with Gasteiger partial charge in [0.05, 0.1) is 13.2 Å². The summed E-state index contributed by atoms with van der Waals surface area (Å²) in [5.41, 5.74) is 1.39. The van der Waals surface area contributed by atoms with Gasteiger partial charge in [-0.3, -0.25) is 4.79 Å². The molecular weight excluding hydrogens is 366 g/mol. The van der Waals surface area contributed by atoms with Crippen LogP contribution in [0.25, 0.3) is 10.8 Å². The molecule has 0 radical (unpaired) electrons. The van der Waals surface area contributed by atoms with Crippen molar-refractivity contribution >= 4 is 16.7 Å². The van der Waals surface area contributed by atoms with Gasteiger partial charge in [-0.05, 0) is 55.0 Å². The Balaban J connectivity index is 1.77. The lowest BCUT2D eigenvalue weighted by atomic mass is 10.1. The molecule has 0 saturated carbocycles. The summed E-state index contributed by atoms with van der Waals surface area (Å²) in [7, 11) is 1.61. The number of fused-ring (bicyclic) bond motifs is 1. The molecule has 0 saturated heterocycles. The summed E-state index contributed by atoms with van der Waals surface area (Å²) in [4.78, 5) is 12.5. The fourth-order valence-electron chi connectivity index (χ4n) is 3.15. The number of carbonyl (C=O) groups is 1. The van der Waals surface area contributed by atoms with Crippen LogP contribution in [0.4, 0.5) is 0 Å². The van der Waals surface area contributed by atoms with Crippen LogP contribution in [0.5, 0.6) is 11.5 Å². The third-order valence-corrected chi connectivity index (χ3v) is 4.53. The lowest BCUT2D eigenvalue weighted by Gasteiger charge is -2.15. The van der Waals surface area contributed by atoms with Gasteiger partial charge in [-0.1, -0.05) is 30.3 Å². The maximum absolute atomic E-state index is 12.5. The Kier molecular flexibility index (Phi) is 7.09. The Morgan fingerprint density at radius 3 is 2.55 bits per heavy atom. The SMILES string of the molecule is CCOc1ccc(C(=O)N[C@@H](C)COC)cc1COc1ccc2ccccc2c1. The molecule has 0 aromatic heterocycles. The van der Waals surface area contributed by atoms with Crippen molar-refractivity contribution in [3.05, 3.63) is 71.8 Å². The maximum Gasteiger partial charge on any atom is 0.251 e. The largest absolute Gasteiger partial charge is 0.493 e. The molecule has 0 spiro atoms. The summed E-state index contributed by atoms with van der Waals surface area (Å²) in [5, 5.41) is 5.21. The van der Waals surface area contributed by atoms with E-state index in [1.165, 1.54) is 5.39 Å². The topological polar surface area (TPSA) is 56.8 Å². The van der Waals surface area contributed by atoms with Crippen molar-refractivity contribution in [3.63, 3.8) is 0 Å². The van der Waals surface area contributed by atoms with Crippen molar-refractivity contribution < 1.29 is 19.0 Å². The van der Waals surface area contributed by atoms with Crippen molar-refractivity contribution in [2.45, 2.75) is 26.5 Å². The summed E-state index contributed by atoms with van der Waals surface area (Å²) in [6.07, 6.45) is 0. The van der Waals surface area contributed by atoms with Crippen LogP contribution >= 0.6 is 0 Å². The molecule has 152 valence electrons. The fraction of sp³-hybridized carbons (Fsp3) is 0.292. The number of amides is 1. The predicted molar refractivity (Wildman–Crippen MR) is 115 cm³/mol. The lowest BCUT2D eigenvalue weighted by molar-refractivity contribution is 0.0905. The first-order chi connectivity index (χ1) is 14.1. The maximum atomic E-state index is 12.5. The van der Waals surface area contributed by atoms with Gasteiger partial charge >= 0.3 is 0 Å². The molecule has 0 aliphatic rings. The molecule has 1 amide bonds. The zero-order valence-corrected chi connectivity index (χ0v) is 17.1. The van der Waals surface area contributed by atoms with E-state index in [1.54, 1.807) is 13.2 Å². The molecular formula is C24H27NO4. The summed E-state index contributed by atoms with van der Waals surface area (Å²) in [6.45, 7) is 5.14. The second-order valence-corrected chi connectivity index (χ2v) is 6.88. The van der Waals surface area contributed by atoms with Crippen molar-refractivity contribution in [1.82, 2.24) is 5.32 Å². The molecule has 3 aromatic carbocycles. The first kappa shape index (κ1) is 20.7. The van der Waals surface area contributed by atoms with E-state index in [4.69, 9.17) is 14.2 Å². The highest BCUT2D eigenvalue weighted by Crippen LogP contribution is 2.25. The van der Waals surface area contributed by atoms with Gasteiger partial charge in [0.1, 0.15) is 18.1 Å². The van der Waals surface area contributed by atoms with Crippen LogP contribution in [-0.2, 0) is 11.3 Å². The molecule has 3 rings (SSSR count). The zero-order chi connectivity index (χ0) is 20.6. The Morgan fingerprint density at radius 1 is 1.00 bits per heavy atom. The monoisotopic (exact) mass is 393 g/mol. The zero-order valence-electron chi connectivity index (χ0n) is 17.1. The van der Waals surface area contributed by atoms with E-state index < -0.39 is 0 Å². The number of rotatable bonds is 9. The van der Waals surface area contributed by atoms with Crippen molar-refractivity contribution in [2.24, 2.45) is 0 Å². The van der Waals surface area contributed by atoms with E-state index in [0.717, 1.165) is 22.4 Å². The van der Waals surface area contributed by atoms with Gasteiger partial charge < -0.3 is 19.5 Å². The first-order valence-electron chi connectivity index (χ1n) is 9.77. The number of hydrogen-bond donors (Lipinski definition) is 1. The highest BCUT2D eigenvalue weighted by Gasteiger charge is 2.13. The highest BCUT2D eigenvalue weighted by molar-refractivity contribution is 5.94. The van der Waals surface area contributed by atoms with Gasteiger partial charge in [0, 0.05) is 24.3 Å². The third kappa shape index (κ3) is 5.48. The third-order valence-electron chi connectivity index (χ3n) is 4.53. The van der Waals surface area contributed by atoms with Gasteiger partial charge in [-0.2, -0.15) is 0 Å². The van der Waals surface area contributed by atoms with E-state index in [-0.39, 0.29) is 11.9 Å². The van der Waals surface area contributed by atoms with Crippen molar-refractivity contribution in [3.8, 4) is 11.5 Å². The molecule has 1 atom stereocenters. The van der Waals surface area contributed by atoms with E-state index in [2.05, 4.69) is 17.4 Å². The number of methoxy groups -OCH3 is 1. The molecule has 5 heteroatoms. The van der Waals surface area contributed by atoms with Crippen molar-refractivity contribution in [2.75, 3.05) is 20.3 Å². The molecule has 29 heavy (non-hydrogen) atoms. The second kappa shape index (κ2) is 9.94. The molecule has 0 aliphatic heterocycles. The smallest absolute Gasteiger partial charge is 0.251 e. The number of nitrogens with one attached hydrogen (secondary N) is 1. The molecule has 0 unspecified atom stereocenters. The Morgan fingerprint density at radius 2 is 1.79 bits per heavy atom. The van der Waals surface area contributed by atoms with Crippen LogP contribution in [0.2, 0.25) is 0 Å². The molecule has 0 aliphatic carbocycles. The summed E-state index contributed by atoms with van der Waals surface area (Å²) >= 11 is 0. The minimum atomic E-state index is -0.149. The number of benzene rings is 3. The highest BCUT2D eigenvalue weighted by atomic mass is 16.5. The Hall–Kier alpha value is -3.05. The Labute approximate surface area is 171 Å². The minimum Gasteiger partial charge on any atom is -0.493 e. The van der Waals surface area contributed by atoms with E-state index in [9.17, 15) is 4.79 Å². The predicted octanol–water partition coefficient (Wildman–Crippen LogP) is 4.58. The molecule has 0 bridgehead atoms. The molecule has 0 fully saturated rings. The van der Waals surface area contributed by atoms with Gasteiger partial charge in [0.2, 0.25) is 0 Å². The Bertz CT molecular complexity index is 970. The van der Waals surface area contributed by atoms with Crippen LogP contribution in [0.15, 0.2) is 60.7 Å². The van der Waals surface area contributed by atoms with Crippen LogP contribution in [0.3, 0.4) is 0 Å². The molecule has 3 aromatic rings. The van der Waals surface area contributed by atoms with E-state index >= 15 is 0 Å². The number of ether oxygens (including phenoxy) is 3. The van der Waals surface area contributed by atoms with Crippen LogP contribution in [0, 0.1) is 0 Å². The minimum absolute atomic E-state index is 0.0728. The van der Waals surface area contributed by atoms with Crippen molar-refractivity contribution in [1.29, 1.82) is 0 Å². The average molecular weight is 393 g/mol. The van der Waals surface area contributed by atoms with Gasteiger partial charge in [-0.15, -0.1) is 0 Å². The summed E-state index contributed by atoms with van der Waals surface area (Å²) in [5.74, 6) is 1.34. The van der Waals surface area contributed by atoms with E-state index in [1.807, 2.05) is 56.3 Å². The van der Waals surface area contributed by atoms with Crippen LogP contribution in [0.1, 0.15) is 29.8 Å². The average Bonchev–Trinajstić information content (AvgIpc) is 2.73. The molecule has 1 N–H and O–H groups in total. The van der Waals surface area contributed by atoms with Gasteiger partial charge in [-0.25, -0.2) is 0 Å². The summed E-state index contributed by atoms with van der Waals surface area (Å²) < 4.78 is 16.8. The van der Waals surface area contributed by atoms with Gasteiger partial charge in [0.15, 0.2) is 0 Å². The van der Waals surface area contributed by atoms with Crippen LogP contribution in [-0.4, -0.2) is 32.3 Å². The number of carbonyl (C=O) groups excluding carboxylic acids is 1. The quantitative estimate of drug-likeness (QED) is 0.578. The number of hydrogen-bond acceptors (Lipinski definition) is 4. The lowest BCUT2D eigenvalue weighted by Crippen LogP contribution is -2.35. The van der Waals surface area contributed by atoms with Gasteiger partial charge in [0.25, 0.3) is 5.91 Å². The fourth-order valence-corrected chi connectivity index (χ4v) is 3.15. The molecule has 0 heterocycles. The first-order valence-corrected chi connectivity index (χ1v) is 9.77. The molecule has 5 nitrogen and oxygen atoms in total. The standard InChI is InChI=1S/C24H27NO4/c1-4-28-23-12-10-20(24(26)25-17(2)15-27-3)13-21(23)16-29-22-11-9-18-7-5-6-8-19(18)14-22/h5-14,17H,4,15-16H2,1-3H3,(H,25,26)/t17-/m0/s1. The summed E-state index contributed by atoms with van der Waals surface area (Å²) in [6, 6.07) is 19.5. The van der Waals surface area contributed by atoms with E-state index in [0.29, 0.717) is 25.4 Å². The van der Waals surface area contributed by atoms with Crippen LogP contribution < -0.4 is 14.8 Å².